The molecule has 0 fully saturated rings. The summed E-state index contributed by atoms with van der Waals surface area (Å²) >= 11 is 0. The predicted octanol–water partition coefficient (Wildman–Crippen LogP) is 6.53. The third-order valence-electron chi connectivity index (χ3n) is 3.71. The Balaban J connectivity index is 0. The highest BCUT2D eigenvalue weighted by Crippen LogP contribution is 2.14. The molecule has 0 aliphatic rings. The Bertz CT molecular complexity index is 270. The summed E-state index contributed by atoms with van der Waals surface area (Å²) in [6.45, 7) is 15.7. The first-order valence-corrected chi connectivity index (χ1v) is 8.73. The first-order valence-electron chi connectivity index (χ1n) is 8.73. The molecule has 0 radical (unpaired) electrons. The highest BCUT2D eigenvalue weighted by atomic mass is 16.2. The number of hydrogen-bond acceptors (Lipinski definition) is 1. The summed E-state index contributed by atoms with van der Waals surface area (Å²) in [6.07, 6.45) is 11.8. The summed E-state index contributed by atoms with van der Waals surface area (Å²) in [4.78, 5) is 0. The van der Waals surface area contributed by atoms with Crippen LogP contribution >= 0.6 is 0 Å². The fourth-order valence-corrected chi connectivity index (χ4v) is 1.93. The zero-order chi connectivity index (χ0) is 16.7. The molecule has 0 spiro atoms. The second kappa shape index (κ2) is 15.8. The zero-order valence-corrected chi connectivity index (χ0v) is 15.7. The summed E-state index contributed by atoms with van der Waals surface area (Å²) in [5.41, 5.74) is 2.63. The van der Waals surface area contributed by atoms with E-state index < -0.39 is 0 Å². The van der Waals surface area contributed by atoms with E-state index >= 15 is 0 Å². The third-order valence-corrected chi connectivity index (χ3v) is 3.71. The lowest BCUT2D eigenvalue weighted by molar-refractivity contribution is 0.341. The van der Waals surface area contributed by atoms with Crippen molar-refractivity contribution < 1.29 is 5.11 Å². The van der Waals surface area contributed by atoms with E-state index in [1.165, 1.54) is 36.8 Å². The minimum Gasteiger partial charge on any atom is -0.392 e. The number of aliphatic hydroxyl groups excluding tert-OH is 1. The molecule has 0 heterocycles. The average Bonchev–Trinajstić information content (AvgIpc) is 2.38. The first kappa shape index (κ1) is 22.7. The standard InChI is InChI=1S/C10H18O.C10H22/c1-9(2)5-4-6-10(3)7-8-11;1-5-10(4)8-6-7-9(2)3/h5,7,11H,4,6,8H2,1-3H3;9-10H,5-8H2,1-4H3. The Kier molecular flexibility index (Phi) is 17.1. The van der Waals surface area contributed by atoms with Gasteiger partial charge in [-0.2, -0.15) is 0 Å². The quantitative estimate of drug-likeness (QED) is 0.479. The molecule has 0 rings (SSSR count). The fourth-order valence-electron chi connectivity index (χ4n) is 1.93. The molecule has 0 aliphatic carbocycles. The second-order valence-corrected chi connectivity index (χ2v) is 6.89. The van der Waals surface area contributed by atoms with Crippen LogP contribution in [-0.2, 0) is 0 Å². The monoisotopic (exact) mass is 296 g/mol. The van der Waals surface area contributed by atoms with Crippen LogP contribution in [0, 0.1) is 11.8 Å². The SMILES string of the molecule is CC(C)=CCCC(C)=CCO.CCC(C)CCCC(C)C. The van der Waals surface area contributed by atoms with Gasteiger partial charge in [-0.1, -0.05) is 76.7 Å². The molecular formula is C20H40O. The van der Waals surface area contributed by atoms with Crippen molar-refractivity contribution in [2.45, 2.75) is 87.0 Å². The lowest BCUT2D eigenvalue weighted by atomic mass is 9.98. The van der Waals surface area contributed by atoms with Gasteiger partial charge < -0.3 is 5.11 Å². The van der Waals surface area contributed by atoms with Gasteiger partial charge >= 0.3 is 0 Å². The van der Waals surface area contributed by atoms with E-state index in [1.807, 2.05) is 6.08 Å². The molecule has 0 aromatic carbocycles. The van der Waals surface area contributed by atoms with Gasteiger partial charge in [0.1, 0.15) is 0 Å². The van der Waals surface area contributed by atoms with E-state index in [2.05, 4.69) is 54.5 Å². The third kappa shape index (κ3) is 21.9. The van der Waals surface area contributed by atoms with Crippen LogP contribution in [0.3, 0.4) is 0 Å². The minimum atomic E-state index is 0.167. The summed E-state index contributed by atoms with van der Waals surface area (Å²) in [5.74, 6) is 1.84. The highest BCUT2D eigenvalue weighted by molar-refractivity contribution is 5.01. The predicted molar refractivity (Wildman–Crippen MR) is 97.7 cm³/mol. The van der Waals surface area contributed by atoms with Gasteiger partial charge in [-0.15, -0.1) is 0 Å². The van der Waals surface area contributed by atoms with Crippen molar-refractivity contribution in [3.05, 3.63) is 23.3 Å². The van der Waals surface area contributed by atoms with Crippen LogP contribution in [0.2, 0.25) is 0 Å². The Morgan fingerprint density at radius 1 is 1.00 bits per heavy atom. The Morgan fingerprint density at radius 3 is 2.05 bits per heavy atom. The Morgan fingerprint density at radius 2 is 1.62 bits per heavy atom. The van der Waals surface area contributed by atoms with Crippen LogP contribution in [-0.4, -0.2) is 11.7 Å². The van der Waals surface area contributed by atoms with Crippen LogP contribution in [0.5, 0.6) is 0 Å². The molecular weight excluding hydrogens is 256 g/mol. The lowest BCUT2D eigenvalue weighted by Crippen LogP contribution is -1.94. The van der Waals surface area contributed by atoms with Crippen molar-refractivity contribution in [1.82, 2.24) is 0 Å². The maximum atomic E-state index is 8.55. The molecule has 0 aliphatic heterocycles. The fraction of sp³-hybridized carbons (Fsp3) is 0.800. The zero-order valence-electron chi connectivity index (χ0n) is 15.7. The van der Waals surface area contributed by atoms with E-state index in [0.29, 0.717) is 0 Å². The van der Waals surface area contributed by atoms with Crippen molar-refractivity contribution in [2.24, 2.45) is 11.8 Å². The number of hydrogen-bond donors (Lipinski definition) is 1. The van der Waals surface area contributed by atoms with E-state index in [4.69, 9.17) is 5.11 Å². The molecule has 1 heteroatoms. The summed E-state index contributed by atoms with van der Waals surface area (Å²) in [7, 11) is 0. The minimum absolute atomic E-state index is 0.167. The van der Waals surface area contributed by atoms with Gasteiger partial charge in [-0.05, 0) is 45.4 Å². The molecule has 0 amide bonds. The smallest absolute Gasteiger partial charge is 0.0614 e. The Hall–Kier alpha value is -0.560. The maximum Gasteiger partial charge on any atom is 0.0614 e. The van der Waals surface area contributed by atoms with Crippen LogP contribution in [0.15, 0.2) is 23.3 Å². The molecule has 0 aromatic heterocycles. The molecule has 0 saturated carbocycles. The number of allylic oxidation sites excluding steroid dienone is 3. The van der Waals surface area contributed by atoms with E-state index in [0.717, 1.165) is 24.7 Å². The van der Waals surface area contributed by atoms with Crippen LogP contribution in [0.1, 0.15) is 87.0 Å². The van der Waals surface area contributed by atoms with Crippen molar-refractivity contribution in [1.29, 1.82) is 0 Å². The number of rotatable bonds is 9. The summed E-state index contributed by atoms with van der Waals surface area (Å²) in [5, 5.41) is 8.55. The van der Waals surface area contributed by atoms with Gasteiger partial charge in [-0.25, -0.2) is 0 Å². The van der Waals surface area contributed by atoms with Gasteiger partial charge in [-0.3, -0.25) is 0 Å². The van der Waals surface area contributed by atoms with Gasteiger partial charge in [0, 0.05) is 0 Å². The van der Waals surface area contributed by atoms with Crippen LogP contribution in [0.25, 0.3) is 0 Å². The van der Waals surface area contributed by atoms with Gasteiger partial charge in [0.25, 0.3) is 0 Å². The van der Waals surface area contributed by atoms with E-state index in [9.17, 15) is 0 Å². The van der Waals surface area contributed by atoms with Gasteiger partial charge in [0.15, 0.2) is 0 Å². The van der Waals surface area contributed by atoms with Gasteiger partial charge in [0.2, 0.25) is 0 Å². The molecule has 1 atom stereocenters. The first-order chi connectivity index (χ1) is 9.83. The Labute approximate surface area is 134 Å². The normalized spacial score (nSPS) is 12.7. The molecule has 1 nitrogen and oxygen atoms in total. The van der Waals surface area contributed by atoms with Crippen molar-refractivity contribution in [3.8, 4) is 0 Å². The average molecular weight is 297 g/mol. The molecule has 21 heavy (non-hydrogen) atoms. The lowest BCUT2D eigenvalue weighted by Gasteiger charge is -2.08. The van der Waals surface area contributed by atoms with Crippen molar-refractivity contribution in [2.75, 3.05) is 6.61 Å². The molecule has 0 bridgehead atoms. The van der Waals surface area contributed by atoms with Crippen LogP contribution < -0.4 is 0 Å². The highest BCUT2D eigenvalue weighted by Gasteiger charge is 1.99. The van der Waals surface area contributed by atoms with E-state index in [1.54, 1.807) is 0 Å². The molecule has 1 N–H and O–H groups in total. The topological polar surface area (TPSA) is 20.2 Å². The van der Waals surface area contributed by atoms with Crippen LogP contribution in [0.4, 0.5) is 0 Å². The van der Waals surface area contributed by atoms with E-state index in [-0.39, 0.29) is 6.61 Å². The maximum absolute atomic E-state index is 8.55. The molecule has 0 aromatic rings. The van der Waals surface area contributed by atoms with Gasteiger partial charge in [0.05, 0.1) is 6.61 Å². The molecule has 0 saturated heterocycles. The van der Waals surface area contributed by atoms with Crippen molar-refractivity contribution >= 4 is 0 Å². The molecule has 1 unspecified atom stereocenters. The summed E-state index contributed by atoms with van der Waals surface area (Å²) in [6, 6.07) is 0. The summed E-state index contributed by atoms with van der Waals surface area (Å²) < 4.78 is 0. The second-order valence-electron chi connectivity index (χ2n) is 6.89. The number of aliphatic hydroxyl groups is 1. The largest absolute Gasteiger partial charge is 0.392 e. The van der Waals surface area contributed by atoms with Crippen molar-refractivity contribution in [3.63, 3.8) is 0 Å². The molecule has 126 valence electrons.